The van der Waals surface area contributed by atoms with Gasteiger partial charge in [-0.2, -0.15) is 0 Å². The second-order valence-electron chi connectivity index (χ2n) is 4.27. The topological polar surface area (TPSA) is 12.5 Å². The molecule has 1 aliphatic heterocycles. The zero-order chi connectivity index (χ0) is 12.4. The molecule has 0 unspecified atom stereocenters. The van der Waals surface area contributed by atoms with E-state index >= 15 is 0 Å². The minimum atomic E-state index is 0.561. The predicted molar refractivity (Wildman–Crippen MR) is 72.5 cm³/mol. The molecule has 0 aromatic heterocycles. The van der Waals surface area contributed by atoms with Crippen molar-refractivity contribution in [2.75, 3.05) is 11.6 Å². The molecule has 2 heteroatoms. The van der Waals surface area contributed by atoms with Crippen molar-refractivity contribution in [3.05, 3.63) is 59.7 Å². The van der Waals surface area contributed by atoms with E-state index in [2.05, 4.69) is 23.0 Å². The Balaban J connectivity index is 1.90. The molecule has 1 aliphatic rings. The molecule has 18 heavy (non-hydrogen) atoms. The smallest absolute Gasteiger partial charge is 0.161 e. The summed E-state index contributed by atoms with van der Waals surface area (Å²) in [4.78, 5) is 2.17. The number of terminal acetylenes is 1. The molecule has 2 aromatic carbocycles. The van der Waals surface area contributed by atoms with Gasteiger partial charge in [0.15, 0.2) is 6.73 Å². The molecule has 0 saturated heterocycles. The maximum atomic E-state index is 5.74. The summed E-state index contributed by atoms with van der Waals surface area (Å²) in [5.74, 6) is 3.63. The van der Waals surface area contributed by atoms with Gasteiger partial charge in [-0.15, -0.1) is 6.42 Å². The summed E-state index contributed by atoms with van der Waals surface area (Å²) in [5.41, 5.74) is 3.20. The lowest BCUT2D eigenvalue weighted by Crippen LogP contribution is -2.31. The minimum Gasteiger partial charge on any atom is -0.473 e. The fourth-order valence-corrected chi connectivity index (χ4v) is 2.13. The van der Waals surface area contributed by atoms with E-state index in [-0.39, 0.29) is 0 Å². The van der Waals surface area contributed by atoms with Crippen LogP contribution in [0.3, 0.4) is 0 Å². The van der Waals surface area contributed by atoms with Crippen molar-refractivity contribution in [3.8, 4) is 18.1 Å². The van der Waals surface area contributed by atoms with Crippen LogP contribution in [-0.4, -0.2) is 6.73 Å². The van der Waals surface area contributed by atoms with E-state index in [0.717, 1.165) is 23.5 Å². The molecular weight excluding hydrogens is 222 g/mol. The van der Waals surface area contributed by atoms with Crippen LogP contribution in [0.25, 0.3) is 0 Å². The summed E-state index contributed by atoms with van der Waals surface area (Å²) in [6.07, 6.45) is 5.43. The highest BCUT2D eigenvalue weighted by Crippen LogP contribution is 2.28. The lowest BCUT2D eigenvalue weighted by atomic mass is 10.1. The van der Waals surface area contributed by atoms with Crippen LogP contribution >= 0.6 is 0 Å². The lowest BCUT2D eigenvalue weighted by molar-refractivity contribution is 0.289. The van der Waals surface area contributed by atoms with Crippen LogP contribution in [0.15, 0.2) is 48.5 Å². The highest BCUT2D eigenvalue weighted by molar-refractivity contribution is 5.54. The number of ether oxygens (including phenoxy) is 1. The van der Waals surface area contributed by atoms with Gasteiger partial charge in [0.25, 0.3) is 0 Å². The average Bonchev–Trinajstić information content (AvgIpc) is 2.47. The molecule has 0 bridgehead atoms. The van der Waals surface area contributed by atoms with Crippen molar-refractivity contribution in [2.45, 2.75) is 6.54 Å². The summed E-state index contributed by atoms with van der Waals surface area (Å²) in [6.45, 7) is 1.41. The Kier molecular flexibility index (Phi) is 2.66. The molecule has 2 aromatic rings. The van der Waals surface area contributed by atoms with E-state index in [1.54, 1.807) is 0 Å². The van der Waals surface area contributed by atoms with E-state index in [1.165, 1.54) is 5.56 Å². The molecule has 88 valence electrons. The Labute approximate surface area is 107 Å². The molecule has 0 fully saturated rings. The van der Waals surface area contributed by atoms with Crippen molar-refractivity contribution in [2.24, 2.45) is 0 Å². The Morgan fingerprint density at radius 2 is 2.00 bits per heavy atom. The first-order chi connectivity index (χ1) is 8.86. The number of nitrogens with zero attached hydrogens (tertiary/aromatic N) is 1. The first-order valence-electron chi connectivity index (χ1n) is 5.89. The molecular formula is C16H13NO. The molecule has 0 radical (unpaired) electrons. The molecule has 0 N–H and O–H groups in total. The number of hydrogen-bond acceptors (Lipinski definition) is 2. The third kappa shape index (κ3) is 1.91. The van der Waals surface area contributed by atoms with E-state index in [9.17, 15) is 0 Å². The molecule has 0 aliphatic carbocycles. The predicted octanol–water partition coefficient (Wildman–Crippen LogP) is 3.02. The van der Waals surface area contributed by atoms with E-state index in [4.69, 9.17) is 11.2 Å². The Morgan fingerprint density at radius 3 is 2.89 bits per heavy atom. The largest absolute Gasteiger partial charge is 0.473 e. The molecule has 2 nitrogen and oxygen atoms in total. The van der Waals surface area contributed by atoms with Gasteiger partial charge >= 0.3 is 0 Å². The van der Waals surface area contributed by atoms with Gasteiger partial charge in [0, 0.05) is 23.4 Å². The van der Waals surface area contributed by atoms with Gasteiger partial charge in [0.1, 0.15) is 5.75 Å². The fourth-order valence-electron chi connectivity index (χ4n) is 2.13. The van der Waals surface area contributed by atoms with Gasteiger partial charge < -0.3 is 9.64 Å². The molecule has 0 spiro atoms. The van der Waals surface area contributed by atoms with Gasteiger partial charge in [0.2, 0.25) is 0 Å². The van der Waals surface area contributed by atoms with Crippen LogP contribution in [0.1, 0.15) is 11.1 Å². The van der Waals surface area contributed by atoms with E-state index in [1.807, 2.05) is 36.4 Å². The lowest BCUT2D eigenvalue weighted by Gasteiger charge is -2.30. The van der Waals surface area contributed by atoms with E-state index in [0.29, 0.717) is 6.73 Å². The Hall–Kier alpha value is -2.40. The van der Waals surface area contributed by atoms with Gasteiger partial charge in [-0.3, -0.25) is 0 Å². The van der Waals surface area contributed by atoms with Crippen molar-refractivity contribution in [1.29, 1.82) is 0 Å². The standard InChI is InChI=1S/C16H13NO/c1-2-13-6-5-8-15(10-13)17-11-14-7-3-4-9-16(14)18-12-17/h1,3-10H,11-12H2. The number of anilines is 1. The number of hydrogen-bond donors (Lipinski definition) is 0. The summed E-state index contributed by atoms with van der Waals surface area (Å²) in [6, 6.07) is 16.1. The quantitative estimate of drug-likeness (QED) is 0.704. The monoisotopic (exact) mass is 235 g/mol. The minimum absolute atomic E-state index is 0.561. The number of benzene rings is 2. The van der Waals surface area contributed by atoms with Crippen LogP contribution in [0.2, 0.25) is 0 Å². The van der Waals surface area contributed by atoms with Crippen LogP contribution in [0.4, 0.5) is 5.69 Å². The van der Waals surface area contributed by atoms with Gasteiger partial charge in [0.05, 0.1) is 0 Å². The zero-order valence-corrected chi connectivity index (χ0v) is 9.97. The van der Waals surface area contributed by atoms with Crippen LogP contribution < -0.4 is 9.64 Å². The van der Waals surface area contributed by atoms with Crippen molar-refractivity contribution in [3.63, 3.8) is 0 Å². The summed E-state index contributed by atoms with van der Waals surface area (Å²) < 4.78 is 5.74. The third-order valence-electron chi connectivity index (χ3n) is 3.09. The number of para-hydroxylation sites is 1. The Bertz CT molecular complexity index is 612. The highest BCUT2D eigenvalue weighted by Gasteiger charge is 2.16. The maximum Gasteiger partial charge on any atom is 0.161 e. The van der Waals surface area contributed by atoms with Crippen molar-refractivity contribution in [1.82, 2.24) is 0 Å². The maximum absolute atomic E-state index is 5.74. The molecule has 0 saturated carbocycles. The molecule has 0 amide bonds. The molecule has 0 atom stereocenters. The first kappa shape index (κ1) is 10.7. The Morgan fingerprint density at radius 1 is 1.11 bits per heavy atom. The van der Waals surface area contributed by atoms with Crippen LogP contribution in [-0.2, 0) is 6.54 Å². The SMILES string of the molecule is C#Cc1cccc(N2COc3ccccc3C2)c1. The second kappa shape index (κ2) is 4.46. The van der Waals surface area contributed by atoms with Gasteiger partial charge in [-0.25, -0.2) is 0 Å². The zero-order valence-electron chi connectivity index (χ0n) is 9.97. The van der Waals surface area contributed by atoms with Crippen molar-refractivity contribution >= 4 is 5.69 Å². The van der Waals surface area contributed by atoms with Gasteiger partial charge in [-0.1, -0.05) is 30.2 Å². The summed E-state index contributed by atoms with van der Waals surface area (Å²) in [7, 11) is 0. The van der Waals surface area contributed by atoms with Crippen LogP contribution in [0, 0.1) is 12.3 Å². The average molecular weight is 235 g/mol. The number of fused-ring (bicyclic) bond motifs is 1. The van der Waals surface area contributed by atoms with Crippen LogP contribution in [0.5, 0.6) is 5.75 Å². The van der Waals surface area contributed by atoms with Crippen molar-refractivity contribution < 1.29 is 4.74 Å². The van der Waals surface area contributed by atoms with E-state index < -0.39 is 0 Å². The fraction of sp³-hybridized carbons (Fsp3) is 0.125. The normalized spacial score (nSPS) is 13.4. The summed E-state index contributed by atoms with van der Waals surface area (Å²) >= 11 is 0. The highest BCUT2D eigenvalue weighted by atomic mass is 16.5. The second-order valence-corrected chi connectivity index (χ2v) is 4.27. The first-order valence-corrected chi connectivity index (χ1v) is 5.89. The molecule has 3 rings (SSSR count). The molecule has 1 heterocycles. The third-order valence-corrected chi connectivity index (χ3v) is 3.09. The van der Waals surface area contributed by atoms with Gasteiger partial charge in [-0.05, 0) is 24.3 Å². The number of rotatable bonds is 1. The summed E-state index contributed by atoms with van der Waals surface area (Å²) in [5, 5.41) is 0.